The molecule has 0 saturated carbocycles. The Morgan fingerprint density at radius 3 is 2.88 bits per heavy atom. The highest BCUT2D eigenvalue weighted by Crippen LogP contribution is 2.15. The van der Waals surface area contributed by atoms with Crippen LogP contribution in [0, 0.1) is 5.92 Å². The lowest BCUT2D eigenvalue weighted by molar-refractivity contribution is -0.125. The van der Waals surface area contributed by atoms with Gasteiger partial charge in [0, 0.05) is 44.2 Å². The van der Waals surface area contributed by atoms with Crippen molar-refractivity contribution >= 4 is 5.78 Å². The lowest BCUT2D eigenvalue weighted by Gasteiger charge is -2.29. The molecule has 1 aliphatic heterocycles. The van der Waals surface area contributed by atoms with E-state index in [1.165, 1.54) is 0 Å². The molecule has 0 aliphatic carbocycles. The molecule has 0 N–H and O–H groups in total. The van der Waals surface area contributed by atoms with Gasteiger partial charge in [0.1, 0.15) is 5.78 Å². The first-order chi connectivity index (χ1) is 8.06. The Bertz CT molecular complexity index is 397. The van der Waals surface area contributed by atoms with Crippen molar-refractivity contribution in [2.75, 3.05) is 13.1 Å². The van der Waals surface area contributed by atoms with Crippen molar-refractivity contribution in [3.63, 3.8) is 0 Å². The maximum Gasteiger partial charge on any atom is 0.138 e. The Morgan fingerprint density at radius 1 is 1.53 bits per heavy atom. The van der Waals surface area contributed by atoms with Crippen LogP contribution in [0.3, 0.4) is 0 Å². The van der Waals surface area contributed by atoms with Crippen molar-refractivity contribution in [3.05, 3.63) is 18.0 Å². The maximum atomic E-state index is 11.4. The van der Waals surface area contributed by atoms with Crippen LogP contribution in [0.1, 0.15) is 38.9 Å². The van der Waals surface area contributed by atoms with Gasteiger partial charge in [-0.05, 0) is 19.9 Å². The molecule has 1 fully saturated rings. The summed E-state index contributed by atoms with van der Waals surface area (Å²) in [5, 5.41) is 4.54. The van der Waals surface area contributed by atoms with Crippen molar-refractivity contribution in [1.29, 1.82) is 0 Å². The zero-order valence-corrected chi connectivity index (χ0v) is 10.9. The van der Waals surface area contributed by atoms with Gasteiger partial charge in [-0.1, -0.05) is 6.92 Å². The van der Waals surface area contributed by atoms with Crippen molar-refractivity contribution in [2.45, 2.75) is 39.8 Å². The fourth-order valence-corrected chi connectivity index (χ4v) is 2.22. The van der Waals surface area contributed by atoms with Crippen LogP contribution in [0.5, 0.6) is 0 Å². The van der Waals surface area contributed by atoms with E-state index in [4.69, 9.17) is 0 Å². The fraction of sp³-hybridized carbons (Fsp3) is 0.692. The molecule has 0 aromatic carbocycles. The third-order valence-electron chi connectivity index (χ3n) is 3.33. The first-order valence-electron chi connectivity index (χ1n) is 6.35. The third kappa shape index (κ3) is 2.94. The maximum absolute atomic E-state index is 11.4. The van der Waals surface area contributed by atoms with E-state index in [-0.39, 0.29) is 5.92 Å². The van der Waals surface area contributed by atoms with E-state index in [0.29, 0.717) is 18.2 Å². The summed E-state index contributed by atoms with van der Waals surface area (Å²) in [6.45, 7) is 8.86. The van der Waals surface area contributed by atoms with Crippen molar-refractivity contribution in [1.82, 2.24) is 14.7 Å². The molecule has 0 spiro atoms. The van der Waals surface area contributed by atoms with Crippen LogP contribution in [0.2, 0.25) is 0 Å². The van der Waals surface area contributed by atoms with Crippen LogP contribution in [0.4, 0.5) is 0 Å². The van der Waals surface area contributed by atoms with E-state index in [0.717, 1.165) is 25.3 Å². The van der Waals surface area contributed by atoms with Gasteiger partial charge in [-0.25, -0.2) is 0 Å². The van der Waals surface area contributed by atoms with E-state index in [9.17, 15) is 4.79 Å². The Kier molecular flexibility index (Phi) is 3.62. The lowest BCUT2D eigenvalue weighted by Crippen LogP contribution is -2.39. The second-order valence-corrected chi connectivity index (χ2v) is 5.23. The predicted molar refractivity (Wildman–Crippen MR) is 66.7 cm³/mol. The molecular formula is C13H21N3O. The van der Waals surface area contributed by atoms with Crippen LogP contribution < -0.4 is 0 Å². The monoisotopic (exact) mass is 235 g/mol. The highest BCUT2D eigenvalue weighted by molar-refractivity contribution is 5.81. The Morgan fingerprint density at radius 2 is 2.29 bits per heavy atom. The van der Waals surface area contributed by atoms with E-state index in [2.05, 4.69) is 29.9 Å². The fourth-order valence-electron chi connectivity index (χ4n) is 2.22. The SMILES string of the molecule is CC1CN(Cc2ccn(C(C)C)n2)CCC1=O. The molecule has 2 heterocycles. The molecule has 1 unspecified atom stereocenters. The number of likely N-dealkylation sites (tertiary alicyclic amines) is 1. The third-order valence-corrected chi connectivity index (χ3v) is 3.33. The molecule has 1 aromatic rings. The Labute approximate surface area is 103 Å². The second kappa shape index (κ2) is 5.00. The summed E-state index contributed by atoms with van der Waals surface area (Å²) in [4.78, 5) is 13.8. The van der Waals surface area contributed by atoms with E-state index >= 15 is 0 Å². The lowest BCUT2D eigenvalue weighted by atomic mass is 9.98. The summed E-state index contributed by atoms with van der Waals surface area (Å²) in [6.07, 6.45) is 2.71. The second-order valence-electron chi connectivity index (χ2n) is 5.23. The summed E-state index contributed by atoms with van der Waals surface area (Å²) in [6, 6.07) is 2.48. The minimum absolute atomic E-state index is 0.177. The Hall–Kier alpha value is -1.16. The van der Waals surface area contributed by atoms with Crippen LogP contribution in [0.15, 0.2) is 12.3 Å². The quantitative estimate of drug-likeness (QED) is 0.803. The number of piperidine rings is 1. The van der Waals surface area contributed by atoms with E-state index in [1.54, 1.807) is 0 Å². The number of Topliss-reactive ketones (excluding diaryl/α,β-unsaturated/α-hetero) is 1. The van der Waals surface area contributed by atoms with Gasteiger partial charge in [0.15, 0.2) is 0 Å². The largest absolute Gasteiger partial charge is 0.299 e. The van der Waals surface area contributed by atoms with Crippen LogP contribution in [-0.2, 0) is 11.3 Å². The topological polar surface area (TPSA) is 38.1 Å². The van der Waals surface area contributed by atoms with Gasteiger partial charge < -0.3 is 0 Å². The van der Waals surface area contributed by atoms with Gasteiger partial charge in [0.25, 0.3) is 0 Å². The zero-order chi connectivity index (χ0) is 12.4. The highest BCUT2D eigenvalue weighted by Gasteiger charge is 2.23. The standard InChI is InChI=1S/C13H21N3O/c1-10(2)16-7-4-12(14-16)9-15-6-5-13(17)11(3)8-15/h4,7,10-11H,5-6,8-9H2,1-3H3. The molecule has 0 bridgehead atoms. The molecule has 0 radical (unpaired) electrons. The first-order valence-corrected chi connectivity index (χ1v) is 6.35. The van der Waals surface area contributed by atoms with Gasteiger partial charge in [-0.3, -0.25) is 14.4 Å². The number of carbonyl (C=O) groups is 1. The Balaban J connectivity index is 1.94. The molecular weight excluding hydrogens is 214 g/mol. The number of aromatic nitrogens is 2. The minimum Gasteiger partial charge on any atom is -0.299 e. The number of hydrogen-bond donors (Lipinski definition) is 0. The summed E-state index contributed by atoms with van der Waals surface area (Å²) < 4.78 is 1.98. The van der Waals surface area contributed by atoms with Crippen LogP contribution in [-0.4, -0.2) is 33.6 Å². The molecule has 17 heavy (non-hydrogen) atoms. The molecule has 1 aromatic heterocycles. The molecule has 4 nitrogen and oxygen atoms in total. The highest BCUT2D eigenvalue weighted by atomic mass is 16.1. The van der Waals surface area contributed by atoms with Crippen molar-refractivity contribution in [3.8, 4) is 0 Å². The molecule has 1 saturated heterocycles. The van der Waals surface area contributed by atoms with Gasteiger partial charge in [0.2, 0.25) is 0 Å². The molecule has 4 heteroatoms. The first kappa shape index (κ1) is 12.3. The zero-order valence-electron chi connectivity index (χ0n) is 10.9. The summed E-state index contributed by atoms with van der Waals surface area (Å²) >= 11 is 0. The molecule has 1 atom stereocenters. The normalized spacial score (nSPS) is 22.4. The molecule has 1 aliphatic rings. The average molecular weight is 235 g/mol. The number of nitrogens with zero attached hydrogens (tertiary/aromatic N) is 3. The van der Waals surface area contributed by atoms with Gasteiger partial charge >= 0.3 is 0 Å². The van der Waals surface area contributed by atoms with Crippen molar-refractivity contribution in [2.24, 2.45) is 5.92 Å². The van der Waals surface area contributed by atoms with Crippen molar-refractivity contribution < 1.29 is 4.79 Å². The van der Waals surface area contributed by atoms with E-state index in [1.807, 2.05) is 17.8 Å². The number of ketones is 1. The van der Waals surface area contributed by atoms with Crippen LogP contribution in [0.25, 0.3) is 0 Å². The van der Waals surface area contributed by atoms with Gasteiger partial charge in [0.05, 0.1) is 5.69 Å². The molecule has 2 rings (SSSR count). The summed E-state index contributed by atoms with van der Waals surface area (Å²) in [7, 11) is 0. The van der Waals surface area contributed by atoms with Gasteiger partial charge in [-0.15, -0.1) is 0 Å². The van der Waals surface area contributed by atoms with Gasteiger partial charge in [-0.2, -0.15) is 5.10 Å². The number of carbonyl (C=O) groups excluding carboxylic acids is 1. The minimum atomic E-state index is 0.177. The summed E-state index contributed by atoms with van der Waals surface area (Å²) in [5.74, 6) is 0.574. The van der Waals surface area contributed by atoms with E-state index < -0.39 is 0 Å². The number of hydrogen-bond acceptors (Lipinski definition) is 3. The smallest absolute Gasteiger partial charge is 0.138 e. The molecule has 0 amide bonds. The average Bonchev–Trinajstić information content (AvgIpc) is 2.72. The number of rotatable bonds is 3. The predicted octanol–water partition coefficient (Wildman–Crippen LogP) is 1.87. The van der Waals surface area contributed by atoms with Crippen LogP contribution >= 0.6 is 0 Å². The summed E-state index contributed by atoms with van der Waals surface area (Å²) in [5.41, 5.74) is 1.10. The molecule has 94 valence electrons.